The highest BCUT2D eigenvalue weighted by Gasteiger charge is 2.31. The summed E-state index contributed by atoms with van der Waals surface area (Å²) >= 11 is 0. The number of quaternary nitrogens is 1. The van der Waals surface area contributed by atoms with Crippen LogP contribution in [-0.4, -0.2) is 64.9 Å². The first-order valence-electron chi connectivity index (χ1n) is 5.98. The molecule has 0 saturated carbocycles. The van der Waals surface area contributed by atoms with Gasteiger partial charge in [0.1, 0.15) is 0 Å². The minimum Gasteiger partial charge on any atom is -0.481 e. The fraction of sp³-hybridized carbons (Fsp3) is 0.750. The maximum Gasteiger partial charge on any atom is 0.309 e. The van der Waals surface area contributed by atoms with Gasteiger partial charge in [-0.1, -0.05) is 0 Å². The molecule has 0 spiro atoms. The highest BCUT2D eigenvalue weighted by atomic mass is 16.4. The van der Waals surface area contributed by atoms with Crippen LogP contribution in [0, 0.1) is 5.92 Å². The van der Waals surface area contributed by atoms with Crippen LogP contribution in [0.25, 0.3) is 0 Å². The lowest BCUT2D eigenvalue weighted by atomic mass is 9.90. The average molecular weight is 276 g/mol. The zero-order valence-corrected chi connectivity index (χ0v) is 11.5. The Labute approximate surface area is 112 Å². The lowest BCUT2D eigenvalue weighted by molar-refractivity contribution is -0.896. The van der Waals surface area contributed by atoms with Gasteiger partial charge in [-0.05, 0) is 5.92 Å². The molecule has 0 rings (SSSR count). The van der Waals surface area contributed by atoms with Gasteiger partial charge in [-0.2, -0.15) is 0 Å². The van der Waals surface area contributed by atoms with E-state index in [4.69, 9.17) is 15.3 Å². The lowest BCUT2D eigenvalue weighted by Gasteiger charge is -2.35. The van der Waals surface area contributed by atoms with E-state index in [2.05, 4.69) is 0 Å². The van der Waals surface area contributed by atoms with E-state index >= 15 is 0 Å². The third kappa shape index (κ3) is 8.15. The van der Waals surface area contributed by atoms with Crippen molar-refractivity contribution in [3.63, 3.8) is 0 Å². The summed E-state index contributed by atoms with van der Waals surface area (Å²) in [5.41, 5.74) is 0. The summed E-state index contributed by atoms with van der Waals surface area (Å²) in [6, 6.07) is -0.318. The van der Waals surface area contributed by atoms with Gasteiger partial charge in [-0.25, -0.2) is 0 Å². The molecule has 0 amide bonds. The van der Waals surface area contributed by atoms with Crippen LogP contribution in [0.3, 0.4) is 0 Å². The predicted octanol–water partition coefficient (Wildman–Crippen LogP) is 0.492. The van der Waals surface area contributed by atoms with Crippen molar-refractivity contribution in [2.24, 2.45) is 5.92 Å². The molecule has 0 bridgehead atoms. The van der Waals surface area contributed by atoms with Gasteiger partial charge in [0.2, 0.25) is 0 Å². The Kier molecular flexibility index (Phi) is 6.47. The molecule has 110 valence electrons. The predicted molar refractivity (Wildman–Crippen MR) is 66.7 cm³/mol. The molecule has 0 aliphatic carbocycles. The molecule has 0 radical (unpaired) electrons. The average Bonchev–Trinajstić information content (AvgIpc) is 2.11. The monoisotopic (exact) mass is 276 g/mol. The van der Waals surface area contributed by atoms with Crippen molar-refractivity contribution < 1.29 is 34.2 Å². The maximum atomic E-state index is 10.8. The summed E-state index contributed by atoms with van der Waals surface area (Å²) in [4.78, 5) is 32.3. The van der Waals surface area contributed by atoms with Gasteiger partial charge in [0.25, 0.3) is 0 Å². The van der Waals surface area contributed by atoms with E-state index in [1.807, 2.05) is 21.1 Å². The van der Waals surface area contributed by atoms with Crippen LogP contribution in [0.5, 0.6) is 0 Å². The van der Waals surface area contributed by atoms with E-state index in [9.17, 15) is 14.4 Å². The highest BCUT2D eigenvalue weighted by Crippen LogP contribution is 2.23. The number of hydrogen-bond donors (Lipinski definition) is 3. The Morgan fingerprint density at radius 3 is 1.47 bits per heavy atom. The van der Waals surface area contributed by atoms with Crippen molar-refractivity contribution >= 4 is 17.9 Å². The summed E-state index contributed by atoms with van der Waals surface area (Å²) < 4.78 is 0.349. The first-order chi connectivity index (χ1) is 8.52. The van der Waals surface area contributed by atoms with Crippen molar-refractivity contribution in [2.45, 2.75) is 31.7 Å². The van der Waals surface area contributed by atoms with Crippen LogP contribution in [0.2, 0.25) is 0 Å². The number of carbonyl (C=O) groups is 3. The summed E-state index contributed by atoms with van der Waals surface area (Å²) in [5, 5.41) is 26.4. The van der Waals surface area contributed by atoms with Crippen LogP contribution >= 0.6 is 0 Å². The Morgan fingerprint density at radius 1 is 0.842 bits per heavy atom. The van der Waals surface area contributed by atoms with E-state index in [0.717, 1.165) is 0 Å². The molecule has 7 heteroatoms. The van der Waals surface area contributed by atoms with Crippen molar-refractivity contribution in [1.82, 2.24) is 0 Å². The quantitative estimate of drug-likeness (QED) is 0.528. The molecule has 0 aromatic heterocycles. The van der Waals surface area contributed by atoms with Crippen LogP contribution in [0.15, 0.2) is 0 Å². The lowest BCUT2D eigenvalue weighted by Crippen LogP contribution is -2.47. The highest BCUT2D eigenvalue weighted by molar-refractivity contribution is 5.71. The molecule has 0 heterocycles. The molecule has 0 aromatic rings. The van der Waals surface area contributed by atoms with E-state index < -0.39 is 23.8 Å². The standard InChI is InChI=1S/C12H21NO6/c1-13(2,3)9(7-12(18)19)4-8(5-10(14)15)6-11(16)17/h8-9H,4-7H2,1-3H3,(H2-,14,15,16,17,18,19)/p+1. The van der Waals surface area contributed by atoms with Crippen LogP contribution < -0.4 is 0 Å². The SMILES string of the molecule is C[N+](C)(C)C(CC(=O)O)CC(CC(=O)O)CC(=O)O. The Hall–Kier alpha value is -1.63. The fourth-order valence-corrected chi connectivity index (χ4v) is 1.99. The molecule has 0 aromatic carbocycles. The van der Waals surface area contributed by atoms with E-state index in [1.54, 1.807) is 0 Å². The molecule has 0 aliphatic rings. The number of hydrogen-bond acceptors (Lipinski definition) is 3. The molecule has 1 atom stereocenters. The van der Waals surface area contributed by atoms with E-state index in [1.165, 1.54) is 0 Å². The second-order valence-corrected chi connectivity index (χ2v) is 5.67. The largest absolute Gasteiger partial charge is 0.481 e. The first-order valence-corrected chi connectivity index (χ1v) is 5.98. The summed E-state index contributed by atoms with van der Waals surface area (Å²) in [5.74, 6) is -3.66. The van der Waals surface area contributed by atoms with Gasteiger partial charge in [0.05, 0.1) is 33.6 Å². The second kappa shape index (κ2) is 7.08. The number of nitrogens with zero attached hydrogens (tertiary/aromatic N) is 1. The Morgan fingerprint density at radius 2 is 1.21 bits per heavy atom. The number of carboxylic acid groups (broad SMARTS) is 3. The van der Waals surface area contributed by atoms with Crippen LogP contribution in [0.1, 0.15) is 25.7 Å². The molecule has 0 fully saturated rings. The molecule has 3 N–H and O–H groups in total. The maximum absolute atomic E-state index is 10.8. The summed E-state index contributed by atoms with van der Waals surface area (Å²) in [7, 11) is 5.44. The molecular formula is C12H22NO6+. The molecule has 1 unspecified atom stereocenters. The molecule has 7 nitrogen and oxygen atoms in total. The van der Waals surface area contributed by atoms with Crippen LogP contribution in [0.4, 0.5) is 0 Å². The van der Waals surface area contributed by atoms with Crippen molar-refractivity contribution in [3.05, 3.63) is 0 Å². The summed E-state index contributed by atoms with van der Waals surface area (Å²) in [6.07, 6.45) is -0.377. The van der Waals surface area contributed by atoms with Crippen molar-refractivity contribution in [1.29, 1.82) is 0 Å². The molecule has 19 heavy (non-hydrogen) atoms. The minimum atomic E-state index is -1.07. The van der Waals surface area contributed by atoms with Gasteiger partial charge < -0.3 is 19.8 Å². The third-order valence-corrected chi connectivity index (χ3v) is 3.04. The smallest absolute Gasteiger partial charge is 0.309 e. The van der Waals surface area contributed by atoms with Crippen molar-refractivity contribution in [2.75, 3.05) is 21.1 Å². The number of aliphatic carboxylic acids is 3. The van der Waals surface area contributed by atoms with Gasteiger partial charge in [0.15, 0.2) is 0 Å². The second-order valence-electron chi connectivity index (χ2n) is 5.67. The van der Waals surface area contributed by atoms with E-state index in [-0.39, 0.29) is 31.7 Å². The van der Waals surface area contributed by atoms with Crippen molar-refractivity contribution in [3.8, 4) is 0 Å². The van der Waals surface area contributed by atoms with Gasteiger partial charge in [0, 0.05) is 19.3 Å². The van der Waals surface area contributed by atoms with E-state index in [0.29, 0.717) is 4.48 Å². The molecular weight excluding hydrogens is 254 g/mol. The zero-order valence-electron chi connectivity index (χ0n) is 11.5. The van der Waals surface area contributed by atoms with Gasteiger partial charge >= 0.3 is 17.9 Å². The first kappa shape index (κ1) is 17.4. The normalized spacial score (nSPS) is 13.3. The minimum absolute atomic E-state index is 0.112. The molecule has 0 saturated heterocycles. The number of rotatable bonds is 9. The molecule has 0 aliphatic heterocycles. The zero-order chi connectivity index (χ0) is 15.2. The van der Waals surface area contributed by atoms with Gasteiger partial charge in [-0.3, -0.25) is 14.4 Å². The summed E-state index contributed by atoms with van der Waals surface area (Å²) in [6.45, 7) is 0. The van der Waals surface area contributed by atoms with Crippen LogP contribution in [-0.2, 0) is 14.4 Å². The third-order valence-electron chi connectivity index (χ3n) is 3.04. The topological polar surface area (TPSA) is 112 Å². The van der Waals surface area contributed by atoms with Gasteiger partial charge in [-0.15, -0.1) is 0 Å². The Bertz CT molecular complexity index is 331. The number of carboxylic acids is 3. The fourth-order valence-electron chi connectivity index (χ4n) is 1.99. The Balaban J connectivity index is 4.85.